The fraction of sp³-hybridized carbons (Fsp3) is 0.364. The van der Waals surface area contributed by atoms with Gasteiger partial charge in [0.1, 0.15) is 0 Å². The summed E-state index contributed by atoms with van der Waals surface area (Å²) < 4.78 is 0. The van der Waals surface area contributed by atoms with E-state index in [2.05, 4.69) is 0 Å². The summed E-state index contributed by atoms with van der Waals surface area (Å²) in [6, 6.07) is 7.83. The Hall–Kier alpha value is -1.31. The lowest BCUT2D eigenvalue weighted by Crippen LogP contribution is -2.14. The third kappa shape index (κ3) is 1.22. The van der Waals surface area contributed by atoms with Crippen molar-refractivity contribution in [2.24, 2.45) is 5.92 Å². The lowest BCUT2D eigenvalue weighted by atomic mass is 9.94. The largest absolute Gasteiger partial charge is 0.481 e. The maximum absolute atomic E-state index is 11.0. The zero-order valence-electron chi connectivity index (χ0n) is 7.53. The minimum Gasteiger partial charge on any atom is -0.481 e. The molecule has 68 valence electrons. The molecule has 0 radical (unpaired) electrons. The summed E-state index contributed by atoms with van der Waals surface area (Å²) in [6.07, 6.45) is 0.896. The van der Waals surface area contributed by atoms with Crippen LogP contribution in [-0.2, 0) is 11.2 Å². The molecule has 0 aromatic heterocycles. The summed E-state index contributed by atoms with van der Waals surface area (Å²) >= 11 is 0. The van der Waals surface area contributed by atoms with Crippen LogP contribution in [0.3, 0.4) is 0 Å². The van der Waals surface area contributed by atoms with Gasteiger partial charge in [-0.05, 0) is 23.5 Å². The monoisotopic (exact) mass is 176 g/mol. The Morgan fingerprint density at radius 2 is 2.15 bits per heavy atom. The minimum atomic E-state index is -0.697. The van der Waals surface area contributed by atoms with Crippen LogP contribution in [0.15, 0.2) is 24.3 Å². The number of carboxylic acid groups (broad SMARTS) is 1. The van der Waals surface area contributed by atoms with Crippen LogP contribution >= 0.6 is 0 Å². The van der Waals surface area contributed by atoms with Gasteiger partial charge in [-0.2, -0.15) is 0 Å². The van der Waals surface area contributed by atoms with E-state index in [-0.39, 0.29) is 11.8 Å². The van der Waals surface area contributed by atoms with E-state index in [4.69, 9.17) is 5.11 Å². The summed E-state index contributed by atoms with van der Waals surface area (Å²) in [5.41, 5.74) is 2.20. The maximum atomic E-state index is 11.0. The topological polar surface area (TPSA) is 37.3 Å². The first-order chi connectivity index (χ1) is 6.20. The highest BCUT2D eigenvalue weighted by Crippen LogP contribution is 2.37. The SMILES string of the molecule is C[C@H]1Cc2ccccc2[C@H]1C(=O)O. The number of carboxylic acids is 1. The molecular formula is C11H12O2. The molecule has 1 aliphatic carbocycles. The van der Waals surface area contributed by atoms with E-state index in [1.165, 1.54) is 5.56 Å². The maximum Gasteiger partial charge on any atom is 0.311 e. The molecule has 1 aromatic rings. The summed E-state index contributed by atoms with van der Waals surface area (Å²) in [5, 5.41) is 9.03. The van der Waals surface area contributed by atoms with Gasteiger partial charge in [-0.1, -0.05) is 31.2 Å². The quantitative estimate of drug-likeness (QED) is 0.711. The molecule has 0 spiro atoms. The number of aliphatic carboxylic acids is 1. The number of carbonyl (C=O) groups is 1. The van der Waals surface area contributed by atoms with Crippen LogP contribution in [0, 0.1) is 5.92 Å². The van der Waals surface area contributed by atoms with Crippen molar-refractivity contribution in [3.05, 3.63) is 35.4 Å². The van der Waals surface area contributed by atoms with Crippen LogP contribution in [0.5, 0.6) is 0 Å². The van der Waals surface area contributed by atoms with Crippen LogP contribution in [0.1, 0.15) is 24.0 Å². The number of benzene rings is 1. The predicted octanol–water partition coefficient (Wildman–Crippen LogP) is 2.05. The van der Waals surface area contributed by atoms with Crippen molar-refractivity contribution >= 4 is 5.97 Å². The van der Waals surface area contributed by atoms with Gasteiger partial charge in [0, 0.05) is 0 Å². The van der Waals surface area contributed by atoms with Gasteiger partial charge in [-0.15, -0.1) is 0 Å². The molecule has 0 bridgehead atoms. The molecule has 0 amide bonds. The standard InChI is InChI=1S/C11H12O2/c1-7-6-8-4-2-3-5-9(8)10(7)11(12)13/h2-5,7,10H,6H2,1H3,(H,12,13)/t7-,10-/m0/s1. The summed E-state index contributed by atoms with van der Waals surface area (Å²) in [5.74, 6) is -0.761. The van der Waals surface area contributed by atoms with Gasteiger partial charge in [-0.25, -0.2) is 0 Å². The van der Waals surface area contributed by atoms with Crippen molar-refractivity contribution in [1.29, 1.82) is 0 Å². The molecule has 2 heteroatoms. The normalized spacial score (nSPS) is 25.6. The van der Waals surface area contributed by atoms with Crippen LogP contribution in [0.4, 0.5) is 0 Å². The van der Waals surface area contributed by atoms with Gasteiger partial charge in [0.25, 0.3) is 0 Å². The van der Waals surface area contributed by atoms with E-state index in [0.717, 1.165) is 12.0 Å². The Morgan fingerprint density at radius 1 is 1.46 bits per heavy atom. The summed E-state index contributed by atoms with van der Waals surface area (Å²) in [4.78, 5) is 11.0. The fourth-order valence-corrected chi connectivity index (χ4v) is 2.17. The molecule has 13 heavy (non-hydrogen) atoms. The Morgan fingerprint density at radius 3 is 2.85 bits per heavy atom. The van der Waals surface area contributed by atoms with Gasteiger partial charge >= 0.3 is 5.97 Å². The summed E-state index contributed by atoms with van der Waals surface area (Å²) in [7, 11) is 0. The van der Waals surface area contributed by atoms with Gasteiger partial charge < -0.3 is 5.11 Å². The first kappa shape index (κ1) is 8.30. The Kier molecular flexibility index (Phi) is 1.83. The Balaban J connectivity index is 2.46. The molecule has 0 heterocycles. The molecule has 0 saturated heterocycles. The molecular weight excluding hydrogens is 164 g/mol. The first-order valence-electron chi connectivity index (χ1n) is 4.50. The van der Waals surface area contributed by atoms with Crippen molar-refractivity contribution in [2.45, 2.75) is 19.3 Å². The van der Waals surface area contributed by atoms with Crippen molar-refractivity contribution < 1.29 is 9.90 Å². The van der Waals surface area contributed by atoms with Crippen LogP contribution in [-0.4, -0.2) is 11.1 Å². The third-order valence-electron chi connectivity index (χ3n) is 2.77. The van der Waals surface area contributed by atoms with Gasteiger partial charge in [0.05, 0.1) is 5.92 Å². The van der Waals surface area contributed by atoms with Gasteiger partial charge in [0.15, 0.2) is 0 Å². The first-order valence-corrected chi connectivity index (χ1v) is 4.50. The lowest BCUT2D eigenvalue weighted by molar-refractivity contribution is -0.139. The second-order valence-electron chi connectivity index (χ2n) is 3.70. The van der Waals surface area contributed by atoms with Crippen molar-refractivity contribution in [2.75, 3.05) is 0 Å². The number of hydrogen-bond acceptors (Lipinski definition) is 1. The number of rotatable bonds is 1. The molecule has 1 aliphatic rings. The molecule has 0 fully saturated rings. The lowest BCUT2D eigenvalue weighted by Gasteiger charge is -2.10. The Bertz CT molecular complexity index is 344. The highest BCUT2D eigenvalue weighted by atomic mass is 16.4. The molecule has 0 saturated carbocycles. The minimum absolute atomic E-state index is 0.231. The second kappa shape index (κ2) is 2.87. The van der Waals surface area contributed by atoms with E-state index in [1.54, 1.807) is 0 Å². The predicted molar refractivity (Wildman–Crippen MR) is 49.7 cm³/mol. The molecule has 1 aromatic carbocycles. The zero-order valence-corrected chi connectivity index (χ0v) is 7.53. The average Bonchev–Trinajstić information content (AvgIpc) is 2.39. The molecule has 2 atom stereocenters. The Labute approximate surface area is 77.2 Å². The fourth-order valence-electron chi connectivity index (χ4n) is 2.17. The number of fused-ring (bicyclic) bond motifs is 1. The van der Waals surface area contributed by atoms with Gasteiger partial charge in [0.2, 0.25) is 0 Å². The molecule has 1 N–H and O–H groups in total. The number of hydrogen-bond donors (Lipinski definition) is 1. The van der Waals surface area contributed by atoms with Crippen LogP contribution in [0.25, 0.3) is 0 Å². The van der Waals surface area contributed by atoms with Crippen LogP contribution < -0.4 is 0 Å². The second-order valence-corrected chi connectivity index (χ2v) is 3.70. The van der Waals surface area contributed by atoms with Crippen molar-refractivity contribution in [1.82, 2.24) is 0 Å². The van der Waals surface area contributed by atoms with E-state index >= 15 is 0 Å². The molecule has 0 unspecified atom stereocenters. The van der Waals surface area contributed by atoms with E-state index in [0.29, 0.717) is 0 Å². The average molecular weight is 176 g/mol. The van der Waals surface area contributed by atoms with Gasteiger partial charge in [-0.3, -0.25) is 4.79 Å². The smallest absolute Gasteiger partial charge is 0.311 e. The highest BCUT2D eigenvalue weighted by molar-refractivity contribution is 5.78. The van der Waals surface area contributed by atoms with Crippen LogP contribution in [0.2, 0.25) is 0 Å². The van der Waals surface area contributed by atoms with Crippen molar-refractivity contribution in [3.8, 4) is 0 Å². The zero-order chi connectivity index (χ0) is 9.42. The molecule has 0 aliphatic heterocycles. The summed E-state index contributed by atoms with van der Waals surface area (Å²) in [6.45, 7) is 2.00. The highest BCUT2D eigenvalue weighted by Gasteiger charge is 2.34. The van der Waals surface area contributed by atoms with Crippen molar-refractivity contribution in [3.63, 3.8) is 0 Å². The van der Waals surface area contributed by atoms with E-state index in [9.17, 15) is 4.79 Å². The van der Waals surface area contributed by atoms with E-state index in [1.807, 2.05) is 31.2 Å². The molecule has 2 rings (SSSR count). The molecule has 2 nitrogen and oxygen atoms in total. The van der Waals surface area contributed by atoms with E-state index < -0.39 is 5.97 Å². The third-order valence-corrected chi connectivity index (χ3v) is 2.77.